The van der Waals surface area contributed by atoms with Gasteiger partial charge in [0.25, 0.3) is 0 Å². The predicted molar refractivity (Wildman–Crippen MR) is 74.0 cm³/mol. The molecule has 0 fully saturated rings. The van der Waals surface area contributed by atoms with E-state index in [1.807, 2.05) is 44.2 Å². The van der Waals surface area contributed by atoms with Gasteiger partial charge in [0, 0.05) is 28.9 Å². The van der Waals surface area contributed by atoms with Gasteiger partial charge in [0.1, 0.15) is 17.6 Å². The van der Waals surface area contributed by atoms with Crippen LogP contribution in [0.5, 0.6) is 0 Å². The van der Waals surface area contributed by atoms with E-state index < -0.39 is 6.10 Å². The van der Waals surface area contributed by atoms with Crippen LogP contribution in [0.2, 0.25) is 0 Å². The number of hydrogen-bond acceptors (Lipinski definition) is 3. The molecule has 19 heavy (non-hydrogen) atoms. The summed E-state index contributed by atoms with van der Waals surface area (Å²) in [5.74, 6) is 1.55. The predicted octanol–water partition coefficient (Wildman–Crippen LogP) is 3.53. The van der Waals surface area contributed by atoms with Crippen LogP contribution in [0.15, 0.2) is 47.1 Å². The Bertz CT molecular complexity index is 725. The Morgan fingerprint density at radius 3 is 2.63 bits per heavy atom. The Morgan fingerprint density at radius 2 is 1.89 bits per heavy atom. The van der Waals surface area contributed by atoms with Crippen molar-refractivity contribution in [1.29, 1.82) is 0 Å². The summed E-state index contributed by atoms with van der Waals surface area (Å²) in [4.78, 5) is 4.21. The van der Waals surface area contributed by atoms with Crippen molar-refractivity contribution in [3.63, 3.8) is 0 Å². The van der Waals surface area contributed by atoms with Gasteiger partial charge in [0.15, 0.2) is 0 Å². The molecule has 0 aliphatic carbocycles. The molecule has 1 atom stereocenters. The summed E-state index contributed by atoms with van der Waals surface area (Å²) < 4.78 is 5.49. The standard InChI is InChI=1S/C16H15NO2/c1-10-7-14(11(2)19-10)16(18)15-9-17-8-12-5-3-4-6-13(12)15/h3-9,16,18H,1-2H3. The molecule has 96 valence electrons. The molecular weight excluding hydrogens is 238 g/mol. The van der Waals surface area contributed by atoms with Gasteiger partial charge < -0.3 is 9.52 Å². The second-order valence-corrected chi connectivity index (χ2v) is 4.72. The molecular formula is C16H15NO2. The van der Waals surface area contributed by atoms with E-state index in [0.717, 1.165) is 33.4 Å². The Hall–Kier alpha value is -2.13. The fraction of sp³-hybridized carbons (Fsp3) is 0.188. The molecule has 0 bridgehead atoms. The highest BCUT2D eigenvalue weighted by molar-refractivity contribution is 5.85. The minimum atomic E-state index is -0.712. The lowest BCUT2D eigenvalue weighted by molar-refractivity contribution is 0.219. The topological polar surface area (TPSA) is 46.3 Å². The smallest absolute Gasteiger partial charge is 0.109 e. The Balaban J connectivity index is 2.16. The average molecular weight is 253 g/mol. The SMILES string of the molecule is Cc1cc(C(O)c2cncc3ccccc23)c(C)o1. The quantitative estimate of drug-likeness (QED) is 0.760. The van der Waals surface area contributed by atoms with Gasteiger partial charge in [-0.15, -0.1) is 0 Å². The molecule has 0 amide bonds. The van der Waals surface area contributed by atoms with E-state index in [1.165, 1.54) is 0 Å². The summed E-state index contributed by atoms with van der Waals surface area (Å²) in [6.45, 7) is 3.74. The number of aliphatic hydroxyl groups excluding tert-OH is 1. The number of fused-ring (bicyclic) bond motifs is 1. The van der Waals surface area contributed by atoms with Crippen LogP contribution < -0.4 is 0 Å². The zero-order chi connectivity index (χ0) is 13.4. The van der Waals surface area contributed by atoms with Crippen LogP contribution in [0, 0.1) is 13.8 Å². The highest BCUT2D eigenvalue weighted by Gasteiger charge is 2.18. The van der Waals surface area contributed by atoms with Crippen molar-refractivity contribution in [2.45, 2.75) is 20.0 Å². The van der Waals surface area contributed by atoms with Crippen molar-refractivity contribution in [3.8, 4) is 0 Å². The number of aryl methyl sites for hydroxylation is 2. The van der Waals surface area contributed by atoms with Crippen molar-refractivity contribution in [2.75, 3.05) is 0 Å². The van der Waals surface area contributed by atoms with E-state index in [-0.39, 0.29) is 0 Å². The molecule has 3 heteroatoms. The van der Waals surface area contributed by atoms with Crippen molar-refractivity contribution in [2.24, 2.45) is 0 Å². The number of aromatic nitrogens is 1. The molecule has 3 aromatic rings. The molecule has 0 aliphatic rings. The maximum atomic E-state index is 10.6. The van der Waals surface area contributed by atoms with Crippen LogP contribution in [-0.2, 0) is 0 Å². The zero-order valence-corrected chi connectivity index (χ0v) is 10.9. The summed E-state index contributed by atoms with van der Waals surface area (Å²) in [5, 5.41) is 12.6. The van der Waals surface area contributed by atoms with Crippen molar-refractivity contribution in [1.82, 2.24) is 4.98 Å². The number of benzene rings is 1. The minimum absolute atomic E-state index is 0.712. The fourth-order valence-electron chi connectivity index (χ4n) is 2.45. The van der Waals surface area contributed by atoms with Gasteiger partial charge in [-0.2, -0.15) is 0 Å². The third-order valence-corrected chi connectivity index (χ3v) is 3.37. The van der Waals surface area contributed by atoms with Gasteiger partial charge in [-0.3, -0.25) is 4.98 Å². The second kappa shape index (κ2) is 4.52. The van der Waals surface area contributed by atoms with E-state index in [4.69, 9.17) is 4.42 Å². The monoisotopic (exact) mass is 253 g/mol. The lowest BCUT2D eigenvalue weighted by Gasteiger charge is -2.12. The third kappa shape index (κ3) is 2.02. The van der Waals surface area contributed by atoms with Crippen LogP contribution in [-0.4, -0.2) is 10.1 Å². The molecule has 3 rings (SSSR count). The molecule has 1 unspecified atom stereocenters. The van der Waals surface area contributed by atoms with Crippen LogP contribution in [0.25, 0.3) is 10.8 Å². The van der Waals surface area contributed by atoms with Crippen molar-refractivity contribution < 1.29 is 9.52 Å². The Morgan fingerprint density at radius 1 is 1.11 bits per heavy atom. The molecule has 0 radical (unpaired) electrons. The molecule has 1 N–H and O–H groups in total. The Labute approximate surface area is 111 Å². The number of hydrogen-bond donors (Lipinski definition) is 1. The summed E-state index contributed by atoms with van der Waals surface area (Å²) in [6.07, 6.45) is 2.81. The first-order valence-corrected chi connectivity index (χ1v) is 6.24. The maximum Gasteiger partial charge on any atom is 0.109 e. The van der Waals surface area contributed by atoms with Crippen LogP contribution in [0.1, 0.15) is 28.8 Å². The third-order valence-electron chi connectivity index (χ3n) is 3.37. The van der Waals surface area contributed by atoms with Gasteiger partial charge in [0.05, 0.1) is 0 Å². The van der Waals surface area contributed by atoms with E-state index in [2.05, 4.69) is 4.98 Å². The van der Waals surface area contributed by atoms with E-state index in [9.17, 15) is 5.11 Å². The van der Waals surface area contributed by atoms with E-state index in [1.54, 1.807) is 12.4 Å². The van der Waals surface area contributed by atoms with Crippen LogP contribution in [0.3, 0.4) is 0 Å². The van der Waals surface area contributed by atoms with E-state index >= 15 is 0 Å². The fourth-order valence-corrected chi connectivity index (χ4v) is 2.45. The summed E-state index contributed by atoms with van der Waals surface area (Å²) >= 11 is 0. The number of nitrogens with zero attached hydrogens (tertiary/aromatic N) is 1. The molecule has 1 aromatic carbocycles. The minimum Gasteiger partial charge on any atom is -0.466 e. The number of furan rings is 1. The van der Waals surface area contributed by atoms with Gasteiger partial charge in [-0.25, -0.2) is 0 Å². The molecule has 2 aromatic heterocycles. The summed E-state index contributed by atoms with van der Waals surface area (Å²) in [7, 11) is 0. The molecule has 2 heterocycles. The maximum absolute atomic E-state index is 10.6. The Kier molecular flexibility index (Phi) is 2.84. The first-order valence-electron chi connectivity index (χ1n) is 6.24. The molecule has 0 aliphatic heterocycles. The summed E-state index contributed by atoms with van der Waals surface area (Å²) in [6, 6.07) is 9.80. The lowest BCUT2D eigenvalue weighted by atomic mass is 9.98. The average Bonchev–Trinajstić information content (AvgIpc) is 2.76. The first-order chi connectivity index (χ1) is 9.16. The van der Waals surface area contributed by atoms with Gasteiger partial charge in [-0.05, 0) is 25.3 Å². The van der Waals surface area contributed by atoms with Crippen molar-refractivity contribution in [3.05, 3.63) is 65.4 Å². The normalized spacial score (nSPS) is 12.8. The highest BCUT2D eigenvalue weighted by atomic mass is 16.3. The van der Waals surface area contributed by atoms with Crippen LogP contribution in [0.4, 0.5) is 0 Å². The van der Waals surface area contributed by atoms with Gasteiger partial charge >= 0.3 is 0 Å². The largest absolute Gasteiger partial charge is 0.466 e. The molecule has 0 spiro atoms. The number of aliphatic hydroxyl groups is 1. The van der Waals surface area contributed by atoms with Crippen LogP contribution >= 0.6 is 0 Å². The second-order valence-electron chi connectivity index (χ2n) is 4.72. The molecule has 0 saturated carbocycles. The lowest BCUT2D eigenvalue weighted by Crippen LogP contribution is -2.01. The van der Waals surface area contributed by atoms with Gasteiger partial charge in [-0.1, -0.05) is 24.3 Å². The first kappa shape index (κ1) is 11.9. The van der Waals surface area contributed by atoms with Crippen molar-refractivity contribution >= 4 is 10.8 Å². The number of pyridine rings is 1. The van der Waals surface area contributed by atoms with E-state index in [0.29, 0.717) is 0 Å². The summed E-state index contributed by atoms with van der Waals surface area (Å²) in [5.41, 5.74) is 1.61. The molecule has 3 nitrogen and oxygen atoms in total. The molecule has 0 saturated heterocycles. The van der Waals surface area contributed by atoms with Gasteiger partial charge in [0.2, 0.25) is 0 Å². The zero-order valence-electron chi connectivity index (χ0n) is 10.9. The highest BCUT2D eigenvalue weighted by Crippen LogP contribution is 2.31. The number of rotatable bonds is 2.